The monoisotopic (exact) mass is 437 g/mol. The second-order valence-electron chi connectivity index (χ2n) is 7.67. The van der Waals surface area contributed by atoms with Crippen LogP contribution in [0.25, 0.3) is 5.69 Å². The summed E-state index contributed by atoms with van der Waals surface area (Å²) in [6.45, 7) is 4.57. The van der Waals surface area contributed by atoms with Crippen molar-refractivity contribution in [1.29, 1.82) is 0 Å². The molecule has 0 spiro atoms. The van der Waals surface area contributed by atoms with Gasteiger partial charge in [-0.15, -0.1) is 0 Å². The lowest BCUT2D eigenvalue weighted by atomic mass is 10.1. The number of ether oxygens (including phenoxy) is 2. The number of anilines is 1. The number of nitrogens with zero attached hydrogens (tertiary/aromatic N) is 2. The molecular formula is C25H31N3O4. The number of rotatable bonds is 10. The van der Waals surface area contributed by atoms with Gasteiger partial charge in [0.25, 0.3) is 11.5 Å². The highest BCUT2D eigenvalue weighted by molar-refractivity contribution is 6.04. The average Bonchev–Trinajstić information content (AvgIpc) is 3.02. The van der Waals surface area contributed by atoms with Gasteiger partial charge >= 0.3 is 0 Å². The van der Waals surface area contributed by atoms with Crippen molar-refractivity contribution in [2.45, 2.75) is 39.5 Å². The topological polar surface area (TPSA) is 74.5 Å². The molecule has 32 heavy (non-hydrogen) atoms. The van der Waals surface area contributed by atoms with Gasteiger partial charge in [0.2, 0.25) is 0 Å². The molecule has 1 heterocycles. The fourth-order valence-corrected chi connectivity index (χ4v) is 3.54. The van der Waals surface area contributed by atoms with Crippen molar-refractivity contribution < 1.29 is 14.3 Å². The Hall–Kier alpha value is -3.48. The highest BCUT2D eigenvalue weighted by Crippen LogP contribution is 2.29. The molecule has 0 aliphatic carbocycles. The van der Waals surface area contributed by atoms with E-state index in [9.17, 15) is 9.59 Å². The first-order chi connectivity index (χ1) is 15.5. The van der Waals surface area contributed by atoms with Crippen molar-refractivity contribution in [1.82, 2.24) is 9.36 Å². The van der Waals surface area contributed by atoms with E-state index >= 15 is 0 Å². The molecule has 0 bridgehead atoms. The van der Waals surface area contributed by atoms with Crippen LogP contribution in [0.15, 0.2) is 53.3 Å². The first-order valence-corrected chi connectivity index (χ1v) is 10.9. The zero-order valence-electron chi connectivity index (χ0n) is 19.2. The van der Waals surface area contributed by atoms with E-state index in [1.807, 2.05) is 30.3 Å². The maximum Gasteiger partial charge on any atom is 0.295 e. The second kappa shape index (κ2) is 10.7. The van der Waals surface area contributed by atoms with Gasteiger partial charge in [0.05, 0.1) is 25.1 Å². The third-order valence-electron chi connectivity index (χ3n) is 5.47. The molecule has 3 aromatic rings. The molecule has 0 aliphatic heterocycles. The number of amides is 1. The summed E-state index contributed by atoms with van der Waals surface area (Å²) >= 11 is 0. The summed E-state index contributed by atoms with van der Waals surface area (Å²) in [5.41, 5.74) is 1.73. The molecule has 170 valence electrons. The molecule has 1 aromatic heterocycles. The van der Waals surface area contributed by atoms with Crippen molar-refractivity contribution in [3.05, 3.63) is 70.1 Å². The number of methoxy groups -OCH3 is 1. The molecule has 2 aromatic carbocycles. The molecule has 0 fully saturated rings. The molecule has 0 aliphatic rings. The van der Waals surface area contributed by atoms with Crippen molar-refractivity contribution in [3.8, 4) is 17.2 Å². The molecule has 0 saturated carbocycles. The molecule has 7 heteroatoms. The van der Waals surface area contributed by atoms with Crippen molar-refractivity contribution in [2.24, 2.45) is 7.05 Å². The van der Waals surface area contributed by atoms with E-state index < -0.39 is 0 Å². The Kier molecular flexibility index (Phi) is 7.76. The van der Waals surface area contributed by atoms with Crippen molar-refractivity contribution in [3.63, 3.8) is 0 Å². The van der Waals surface area contributed by atoms with Crippen LogP contribution in [-0.2, 0) is 7.05 Å². The van der Waals surface area contributed by atoms with Gasteiger partial charge in [-0.05, 0) is 43.7 Å². The van der Waals surface area contributed by atoms with Gasteiger partial charge < -0.3 is 14.8 Å². The van der Waals surface area contributed by atoms with E-state index in [1.165, 1.54) is 17.5 Å². The lowest BCUT2D eigenvalue weighted by molar-refractivity contribution is 0.102. The van der Waals surface area contributed by atoms with Gasteiger partial charge in [0.1, 0.15) is 5.69 Å². The van der Waals surface area contributed by atoms with Crippen LogP contribution in [0.5, 0.6) is 11.5 Å². The number of carbonyl (C=O) groups excluding carboxylic acids is 1. The fraction of sp³-hybridized carbons (Fsp3) is 0.360. The number of unbranched alkanes of at least 4 members (excludes halogenated alkanes) is 3. The standard InChI is InChI=1S/C25H31N3O4/c1-5-6-7-11-16-32-21-15-14-19(17-22(21)31-4)24(29)26-23-18(2)27(3)28(25(23)30)20-12-9-8-10-13-20/h8-10,12-15,17H,5-7,11,16H2,1-4H3,(H,26,29). The van der Waals surface area contributed by atoms with E-state index in [0.717, 1.165) is 18.5 Å². The van der Waals surface area contributed by atoms with Gasteiger partial charge in [0.15, 0.2) is 11.5 Å². The summed E-state index contributed by atoms with van der Waals surface area (Å²) in [6, 6.07) is 14.3. The molecule has 1 N–H and O–H groups in total. The van der Waals surface area contributed by atoms with Gasteiger partial charge in [-0.2, -0.15) is 0 Å². The number of carbonyl (C=O) groups is 1. The molecule has 7 nitrogen and oxygen atoms in total. The minimum Gasteiger partial charge on any atom is -0.493 e. The number of hydrogen-bond acceptors (Lipinski definition) is 4. The second-order valence-corrected chi connectivity index (χ2v) is 7.67. The summed E-state index contributed by atoms with van der Waals surface area (Å²) < 4.78 is 14.5. The summed E-state index contributed by atoms with van der Waals surface area (Å²) in [5, 5.41) is 2.77. The van der Waals surface area contributed by atoms with E-state index in [2.05, 4.69) is 12.2 Å². The van der Waals surface area contributed by atoms with E-state index in [1.54, 1.807) is 44.0 Å². The third kappa shape index (κ3) is 5.04. The average molecular weight is 438 g/mol. The van der Waals surface area contributed by atoms with Crippen LogP contribution in [0.3, 0.4) is 0 Å². The predicted molar refractivity (Wildman–Crippen MR) is 126 cm³/mol. The van der Waals surface area contributed by atoms with E-state index in [-0.39, 0.29) is 17.2 Å². The lowest BCUT2D eigenvalue weighted by Gasteiger charge is -2.12. The molecule has 3 rings (SSSR count). The van der Waals surface area contributed by atoms with Crippen LogP contribution in [0.2, 0.25) is 0 Å². The number of benzene rings is 2. The Balaban J connectivity index is 1.78. The summed E-state index contributed by atoms with van der Waals surface area (Å²) in [6.07, 6.45) is 4.45. The van der Waals surface area contributed by atoms with Crippen LogP contribution >= 0.6 is 0 Å². The Morgan fingerprint density at radius 1 is 1.03 bits per heavy atom. The van der Waals surface area contributed by atoms with E-state index in [4.69, 9.17) is 9.47 Å². The van der Waals surface area contributed by atoms with Gasteiger partial charge in [-0.25, -0.2) is 4.68 Å². The Bertz CT molecular complexity index is 1120. The first kappa shape index (κ1) is 23.2. The molecule has 0 radical (unpaired) electrons. The Morgan fingerprint density at radius 3 is 2.47 bits per heavy atom. The summed E-state index contributed by atoms with van der Waals surface area (Å²) in [5.74, 6) is 0.700. The molecule has 0 saturated heterocycles. The quantitative estimate of drug-likeness (QED) is 0.467. The van der Waals surface area contributed by atoms with Gasteiger partial charge in [-0.1, -0.05) is 44.4 Å². The van der Waals surface area contributed by atoms with Crippen LogP contribution in [0.4, 0.5) is 5.69 Å². The highest BCUT2D eigenvalue weighted by Gasteiger charge is 2.19. The van der Waals surface area contributed by atoms with Crippen molar-refractivity contribution in [2.75, 3.05) is 19.0 Å². The van der Waals surface area contributed by atoms with Gasteiger partial charge in [-0.3, -0.25) is 14.3 Å². The summed E-state index contributed by atoms with van der Waals surface area (Å²) in [7, 11) is 3.33. The molecule has 0 atom stereocenters. The Labute approximate surface area is 188 Å². The maximum absolute atomic E-state index is 13.0. The summed E-state index contributed by atoms with van der Waals surface area (Å²) in [4.78, 5) is 26.0. The lowest BCUT2D eigenvalue weighted by Crippen LogP contribution is -2.23. The minimum atomic E-state index is -0.385. The normalized spacial score (nSPS) is 10.8. The predicted octanol–water partition coefficient (Wildman–Crippen LogP) is 4.70. The largest absolute Gasteiger partial charge is 0.493 e. The third-order valence-corrected chi connectivity index (χ3v) is 5.47. The fourth-order valence-electron chi connectivity index (χ4n) is 3.54. The number of nitrogens with one attached hydrogen (secondary N) is 1. The number of para-hydroxylation sites is 1. The number of hydrogen-bond donors (Lipinski definition) is 1. The van der Waals surface area contributed by atoms with Crippen LogP contribution in [0.1, 0.15) is 48.7 Å². The number of aromatic nitrogens is 2. The molecule has 1 amide bonds. The Morgan fingerprint density at radius 2 is 1.78 bits per heavy atom. The molecular weight excluding hydrogens is 406 g/mol. The maximum atomic E-state index is 13.0. The van der Waals surface area contributed by atoms with Crippen LogP contribution in [-0.4, -0.2) is 29.0 Å². The smallest absolute Gasteiger partial charge is 0.295 e. The van der Waals surface area contributed by atoms with Crippen molar-refractivity contribution >= 4 is 11.6 Å². The minimum absolute atomic E-state index is 0.247. The van der Waals surface area contributed by atoms with Crippen LogP contribution in [0, 0.1) is 6.92 Å². The molecule has 0 unspecified atom stereocenters. The highest BCUT2D eigenvalue weighted by atomic mass is 16.5. The SMILES string of the molecule is CCCCCCOc1ccc(C(=O)Nc2c(C)n(C)n(-c3ccccc3)c2=O)cc1OC. The zero-order valence-corrected chi connectivity index (χ0v) is 19.2. The van der Waals surface area contributed by atoms with Crippen LogP contribution < -0.4 is 20.3 Å². The first-order valence-electron chi connectivity index (χ1n) is 10.9. The zero-order chi connectivity index (χ0) is 23.1. The van der Waals surface area contributed by atoms with Gasteiger partial charge in [0, 0.05) is 12.6 Å². The van der Waals surface area contributed by atoms with E-state index in [0.29, 0.717) is 29.4 Å².